The molecular weight excluding hydrogens is 364 g/mol. The fourth-order valence-electron chi connectivity index (χ4n) is 3.19. The van der Waals surface area contributed by atoms with E-state index < -0.39 is 0 Å². The van der Waals surface area contributed by atoms with E-state index in [1.807, 2.05) is 24.3 Å². The Hall–Kier alpha value is -2.66. The first-order valence-electron chi connectivity index (χ1n) is 9.99. The number of rotatable bonds is 7. The van der Waals surface area contributed by atoms with Gasteiger partial charge < -0.3 is 19.3 Å². The Balaban J connectivity index is 0.000000188. The van der Waals surface area contributed by atoms with E-state index in [0.717, 1.165) is 26.4 Å². The zero-order chi connectivity index (χ0) is 19.9. The molecule has 2 aliphatic heterocycles. The highest BCUT2D eigenvalue weighted by Gasteiger charge is 2.26. The molecule has 2 aliphatic rings. The smallest absolute Gasteiger partial charge is 0.115 e. The summed E-state index contributed by atoms with van der Waals surface area (Å²) in [6.45, 7) is 3.26. The van der Waals surface area contributed by atoms with Gasteiger partial charge in [0.1, 0.15) is 18.0 Å². The molecule has 29 heavy (non-hydrogen) atoms. The van der Waals surface area contributed by atoms with E-state index in [2.05, 4.69) is 48.5 Å². The first kappa shape index (κ1) is 19.6. The Kier molecular flexibility index (Phi) is 6.57. The Morgan fingerprint density at radius 1 is 0.690 bits per heavy atom. The number of aromatic hydroxyl groups is 1. The van der Waals surface area contributed by atoms with Crippen LogP contribution in [0.5, 0.6) is 5.75 Å². The largest absolute Gasteiger partial charge is 0.508 e. The second-order valence-electron chi connectivity index (χ2n) is 7.29. The van der Waals surface area contributed by atoms with Gasteiger partial charge in [-0.05, 0) is 28.8 Å². The van der Waals surface area contributed by atoms with Gasteiger partial charge in [-0.15, -0.1) is 0 Å². The molecule has 150 valence electrons. The van der Waals surface area contributed by atoms with E-state index in [-0.39, 0.29) is 5.92 Å². The molecule has 4 nitrogen and oxygen atoms in total. The van der Waals surface area contributed by atoms with Crippen LogP contribution in [0.4, 0.5) is 0 Å². The van der Waals surface area contributed by atoms with Crippen molar-refractivity contribution in [3.8, 4) is 5.75 Å². The molecular formula is C25H26O4. The van der Waals surface area contributed by atoms with Gasteiger partial charge in [-0.1, -0.05) is 72.8 Å². The van der Waals surface area contributed by atoms with E-state index in [0.29, 0.717) is 18.0 Å². The highest BCUT2D eigenvalue weighted by atomic mass is 16.6. The first-order chi connectivity index (χ1) is 14.3. The van der Waals surface area contributed by atoms with Gasteiger partial charge in [-0.3, -0.25) is 0 Å². The third-order valence-electron chi connectivity index (χ3n) is 4.90. The Bertz CT molecular complexity index is 805. The minimum Gasteiger partial charge on any atom is -0.508 e. The van der Waals surface area contributed by atoms with E-state index in [1.165, 1.54) is 16.7 Å². The maximum atomic E-state index is 9.48. The van der Waals surface area contributed by atoms with Crippen molar-refractivity contribution in [3.63, 3.8) is 0 Å². The fraction of sp³-hybridized carbons (Fsp3) is 0.280. The van der Waals surface area contributed by atoms with Crippen LogP contribution >= 0.6 is 0 Å². The van der Waals surface area contributed by atoms with Crippen LogP contribution in [-0.4, -0.2) is 43.7 Å². The number of hydrogen-bond acceptors (Lipinski definition) is 4. The van der Waals surface area contributed by atoms with Gasteiger partial charge in [-0.2, -0.15) is 0 Å². The Labute approximate surface area is 171 Å². The third kappa shape index (κ3) is 6.16. The van der Waals surface area contributed by atoms with Crippen molar-refractivity contribution in [1.82, 2.24) is 0 Å². The van der Waals surface area contributed by atoms with Crippen molar-refractivity contribution in [2.75, 3.05) is 26.4 Å². The van der Waals surface area contributed by atoms with E-state index in [9.17, 15) is 5.11 Å². The Morgan fingerprint density at radius 3 is 1.52 bits per heavy atom. The number of phenolic OH excluding ortho intramolecular Hbond substituents is 1. The average molecular weight is 390 g/mol. The van der Waals surface area contributed by atoms with Crippen LogP contribution in [0.2, 0.25) is 0 Å². The molecule has 2 fully saturated rings. The summed E-state index contributed by atoms with van der Waals surface area (Å²) in [7, 11) is 0. The van der Waals surface area contributed by atoms with Crippen molar-refractivity contribution in [2.45, 2.75) is 18.1 Å². The second-order valence-corrected chi connectivity index (χ2v) is 7.29. The minimum atomic E-state index is 0.193. The Morgan fingerprint density at radius 2 is 1.10 bits per heavy atom. The highest BCUT2D eigenvalue weighted by Crippen LogP contribution is 2.32. The van der Waals surface area contributed by atoms with Crippen LogP contribution < -0.4 is 0 Å². The number of ether oxygens (including phenoxy) is 3. The molecule has 4 heteroatoms. The van der Waals surface area contributed by atoms with Crippen LogP contribution in [0.1, 0.15) is 22.6 Å². The average Bonchev–Trinajstić information content (AvgIpc) is 3.68. The molecule has 5 rings (SSSR count). The fourth-order valence-corrected chi connectivity index (χ4v) is 3.19. The van der Waals surface area contributed by atoms with E-state index in [4.69, 9.17) is 14.2 Å². The zero-order valence-corrected chi connectivity index (χ0v) is 16.3. The van der Waals surface area contributed by atoms with Gasteiger partial charge in [0.15, 0.2) is 0 Å². The maximum Gasteiger partial charge on any atom is 0.115 e. The van der Waals surface area contributed by atoms with Crippen LogP contribution in [-0.2, 0) is 14.2 Å². The third-order valence-corrected chi connectivity index (χ3v) is 4.90. The minimum absolute atomic E-state index is 0.193. The number of hydrogen-bond donors (Lipinski definition) is 1. The first-order valence-corrected chi connectivity index (χ1v) is 9.99. The summed E-state index contributed by atoms with van der Waals surface area (Å²) in [6.07, 6.45) is 0.785. The quantitative estimate of drug-likeness (QED) is 0.481. The molecule has 2 atom stereocenters. The van der Waals surface area contributed by atoms with Crippen molar-refractivity contribution in [1.29, 1.82) is 0 Å². The van der Waals surface area contributed by atoms with Gasteiger partial charge in [0.05, 0.1) is 26.4 Å². The van der Waals surface area contributed by atoms with Crippen LogP contribution in [0, 0.1) is 0 Å². The van der Waals surface area contributed by atoms with Crippen LogP contribution in [0.15, 0.2) is 84.9 Å². The van der Waals surface area contributed by atoms with Crippen molar-refractivity contribution in [2.24, 2.45) is 0 Å². The molecule has 1 N–H and O–H groups in total. The topological polar surface area (TPSA) is 54.5 Å². The normalized spacial score (nSPS) is 19.3. The molecule has 0 spiro atoms. The molecule has 0 amide bonds. The molecule has 0 radical (unpaired) electrons. The van der Waals surface area contributed by atoms with Gasteiger partial charge in [0, 0.05) is 5.92 Å². The van der Waals surface area contributed by atoms with Gasteiger partial charge >= 0.3 is 0 Å². The lowest BCUT2D eigenvalue weighted by molar-refractivity contribution is 0.102. The summed E-state index contributed by atoms with van der Waals surface area (Å²) >= 11 is 0. The summed E-state index contributed by atoms with van der Waals surface area (Å²) < 4.78 is 15.1. The predicted octanol–water partition coefficient (Wildman–Crippen LogP) is 4.37. The summed E-state index contributed by atoms with van der Waals surface area (Å²) in [4.78, 5) is 0. The zero-order valence-electron chi connectivity index (χ0n) is 16.3. The number of epoxide rings is 2. The molecule has 2 saturated heterocycles. The molecule has 0 bridgehead atoms. The van der Waals surface area contributed by atoms with Gasteiger partial charge in [-0.25, -0.2) is 0 Å². The summed E-state index contributed by atoms with van der Waals surface area (Å²) in [5.74, 6) is 0.492. The lowest BCUT2D eigenvalue weighted by Gasteiger charge is -2.18. The molecule has 0 aromatic heterocycles. The molecule has 2 unspecified atom stereocenters. The number of phenols is 1. The molecule has 0 aliphatic carbocycles. The SMILES string of the molecule is C(OCC1CO1)C1CO1.Oc1ccc(C(c2ccccc2)c2ccccc2)cc1. The molecule has 2 heterocycles. The van der Waals surface area contributed by atoms with Crippen LogP contribution in [0.3, 0.4) is 0 Å². The second kappa shape index (κ2) is 9.70. The van der Waals surface area contributed by atoms with Gasteiger partial charge in [0.25, 0.3) is 0 Å². The molecule has 0 saturated carbocycles. The van der Waals surface area contributed by atoms with Crippen LogP contribution in [0.25, 0.3) is 0 Å². The maximum absolute atomic E-state index is 9.48. The lowest BCUT2D eigenvalue weighted by atomic mass is 9.85. The summed E-state index contributed by atoms with van der Waals surface area (Å²) in [5.41, 5.74) is 3.69. The lowest BCUT2D eigenvalue weighted by Crippen LogP contribution is -2.06. The highest BCUT2D eigenvalue weighted by molar-refractivity contribution is 5.44. The van der Waals surface area contributed by atoms with E-state index in [1.54, 1.807) is 12.1 Å². The summed E-state index contributed by atoms with van der Waals surface area (Å²) in [5, 5.41) is 9.48. The molecule has 3 aromatic rings. The molecule has 3 aromatic carbocycles. The van der Waals surface area contributed by atoms with Gasteiger partial charge in [0.2, 0.25) is 0 Å². The number of benzene rings is 3. The predicted molar refractivity (Wildman–Crippen MR) is 112 cm³/mol. The summed E-state index contributed by atoms with van der Waals surface area (Å²) in [6, 6.07) is 28.3. The van der Waals surface area contributed by atoms with Crippen molar-refractivity contribution >= 4 is 0 Å². The standard InChI is InChI=1S/C19H16O.C6H10O3/c20-18-13-11-17(12-14-18)19(15-7-3-1-4-8-15)16-9-5-2-6-10-16;1(5-3-8-5)7-2-6-4-9-6/h1-14,19-20H;5-6H,1-4H2. The monoisotopic (exact) mass is 390 g/mol. The van der Waals surface area contributed by atoms with Crippen molar-refractivity contribution in [3.05, 3.63) is 102 Å². The van der Waals surface area contributed by atoms with E-state index >= 15 is 0 Å². The van der Waals surface area contributed by atoms with Crippen molar-refractivity contribution < 1.29 is 19.3 Å².